The summed E-state index contributed by atoms with van der Waals surface area (Å²) in [6, 6.07) is 3.64. The number of nitrogens with zero attached hydrogens (tertiary/aromatic N) is 2. The summed E-state index contributed by atoms with van der Waals surface area (Å²) in [6.45, 7) is 10.0. The number of nitrogens with one attached hydrogen (secondary N) is 1. The first-order chi connectivity index (χ1) is 9.40. The van der Waals surface area contributed by atoms with E-state index in [2.05, 4.69) is 36.1 Å². The van der Waals surface area contributed by atoms with Gasteiger partial charge in [-0.1, -0.05) is 32.4 Å². The molecule has 2 heterocycles. The Morgan fingerprint density at radius 1 is 1.35 bits per heavy atom. The Labute approximate surface area is 126 Å². The number of halogens is 1. The van der Waals surface area contributed by atoms with Gasteiger partial charge in [0.15, 0.2) is 0 Å². The second kappa shape index (κ2) is 6.29. The monoisotopic (exact) mass is 296 g/mol. The lowest BCUT2D eigenvalue weighted by atomic mass is 9.75. The number of nitrogen functional groups attached to an aromatic ring is 1. The SMILES string of the molecule is CC(C)(C)C1CCN(Cc2nc(NN)ccc2Cl)CC1. The van der Waals surface area contributed by atoms with Crippen LogP contribution in [-0.4, -0.2) is 23.0 Å². The van der Waals surface area contributed by atoms with Crippen molar-refractivity contribution in [2.24, 2.45) is 17.2 Å². The molecule has 3 N–H and O–H groups in total. The van der Waals surface area contributed by atoms with Gasteiger partial charge in [0, 0.05) is 6.54 Å². The van der Waals surface area contributed by atoms with Crippen LogP contribution in [0.2, 0.25) is 5.02 Å². The molecule has 2 rings (SSSR count). The zero-order valence-corrected chi connectivity index (χ0v) is 13.4. The molecule has 0 spiro atoms. The van der Waals surface area contributed by atoms with E-state index in [0.29, 0.717) is 16.3 Å². The summed E-state index contributed by atoms with van der Waals surface area (Å²) in [4.78, 5) is 6.87. The van der Waals surface area contributed by atoms with E-state index >= 15 is 0 Å². The van der Waals surface area contributed by atoms with E-state index in [4.69, 9.17) is 17.4 Å². The van der Waals surface area contributed by atoms with Crippen molar-refractivity contribution in [2.45, 2.75) is 40.2 Å². The van der Waals surface area contributed by atoms with Crippen LogP contribution < -0.4 is 11.3 Å². The first-order valence-electron chi connectivity index (χ1n) is 7.24. The minimum absolute atomic E-state index is 0.408. The molecule has 0 saturated carbocycles. The van der Waals surface area contributed by atoms with Crippen LogP contribution in [0, 0.1) is 11.3 Å². The lowest BCUT2D eigenvalue weighted by Gasteiger charge is -2.38. The number of likely N-dealkylation sites (tertiary alicyclic amines) is 1. The molecule has 0 amide bonds. The highest BCUT2D eigenvalue weighted by Gasteiger charge is 2.28. The zero-order valence-electron chi connectivity index (χ0n) is 12.6. The number of hydrazine groups is 1. The summed E-state index contributed by atoms with van der Waals surface area (Å²) in [5, 5.41) is 0.710. The highest BCUT2D eigenvalue weighted by atomic mass is 35.5. The van der Waals surface area contributed by atoms with E-state index < -0.39 is 0 Å². The van der Waals surface area contributed by atoms with E-state index in [1.165, 1.54) is 12.8 Å². The lowest BCUT2D eigenvalue weighted by molar-refractivity contribution is 0.107. The van der Waals surface area contributed by atoms with Gasteiger partial charge in [0.2, 0.25) is 0 Å². The summed E-state index contributed by atoms with van der Waals surface area (Å²) in [6.07, 6.45) is 2.49. The Morgan fingerprint density at radius 3 is 2.55 bits per heavy atom. The smallest absolute Gasteiger partial charge is 0.140 e. The first kappa shape index (κ1) is 15.5. The quantitative estimate of drug-likeness (QED) is 0.664. The number of piperidine rings is 1. The molecule has 112 valence electrons. The molecule has 1 aliphatic rings. The topological polar surface area (TPSA) is 54.2 Å². The van der Waals surface area contributed by atoms with Crippen molar-refractivity contribution in [3.63, 3.8) is 0 Å². The molecule has 1 fully saturated rings. The average Bonchev–Trinajstić information content (AvgIpc) is 2.41. The van der Waals surface area contributed by atoms with Crippen molar-refractivity contribution >= 4 is 17.4 Å². The second-order valence-electron chi connectivity index (χ2n) is 6.69. The number of nitrogens with two attached hydrogens (primary N) is 1. The zero-order chi connectivity index (χ0) is 14.8. The maximum atomic E-state index is 6.22. The summed E-state index contributed by atoms with van der Waals surface area (Å²) in [5.41, 5.74) is 3.88. The number of aromatic nitrogens is 1. The standard InChI is InChI=1S/C15H25ClN4/c1-15(2,3)11-6-8-20(9-7-11)10-13-12(16)4-5-14(18-13)19-17/h4-5,11H,6-10,17H2,1-3H3,(H,18,19). The van der Waals surface area contributed by atoms with Crippen LogP contribution in [0.3, 0.4) is 0 Å². The number of hydrogen-bond acceptors (Lipinski definition) is 4. The highest BCUT2D eigenvalue weighted by molar-refractivity contribution is 6.31. The fourth-order valence-corrected chi connectivity index (χ4v) is 3.01. The van der Waals surface area contributed by atoms with Gasteiger partial charge >= 0.3 is 0 Å². The Hall–Kier alpha value is -0.840. The summed E-state index contributed by atoms with van der Waals surface area (Å²) in [5.74, 6) is 6.86. The molecule has 20 heavy (non-hydrogen) atoms. The van der Waals surface area contributed by atoms with Gasteiger partial charge in [-0.05, 0) is 49.4 Å². The van der Waals surface area contributed by atoms with Gasteiger partial charge in [0.25, 0.3) is 0 Å². The van der Waals surface area contributed by atoms with Crippen molar-refractivity contribution in [2.75, 3.05) is 18.5 Å². The van der Waals surface area contributed by atoms with Crippen molar-refractivity contribution < 1.29 is 0 Å². The molecule has 0 aliphatic carbocycles. The molecule has 0 radical (unpaired) electrons. The van der Waals surface area contributed by atoms with Crippen LogP contribution in [0.5, 0.6) is 0 Å². The second-order valence-corrected chi connectivity index (χ2v) is 7.09. The Morgan fingerprint density at radius 2 is 2.00 bits per heavy atom. The van der Waals surface area contributed by atoms with Crippen LogP contribution in [0.25, 0.3) is 0 Å². The molecule has 0 unspecified atom stereocenters. The van der Waals surface area contributed by atoms with E-state index in [1.54, 1.807) is 6.07 Å². The molecule has 0 atom stereocenters. The minimum Gasteiger partial charge on any atom is -0.308 e. The fourth-order valence-electron chi connectivity index (χ4n) is 2.84. The summed E-state index contributed by atoms with van der Waals surface area (Å²) >= 11 is 6.22. The normalized spacial score (nSPS) is 18.2. The predicted octanol–water partition coefficient (Wildman–Crippen LogP) is 3.28. The fraction of sp³-hybridized carbons (Fsp3) is 0.667. The van der Waals surface area contributed by atoms with Crippen molar-refractivity contribution in [3.05, 3.63) is 22.8 Å². The van der Waals surface area contributed by atoms with Gasteiger partial charge < -0.3 is 5.43 Å². The minimum atomic E-state index is 0.408. The van der Waals surface area contributed by atoms with Crippen LogP contribution in [-0.2, 0) is 6.54 Å². The van der Waals surface area contributed by atoms with Gasteiger partial charge in [-0.15, -0.1) is 0 Å². The van der Waals surface area contributed by atoms with E-state index in [0.717, 1.165) is 31.2 Å². The van der Waals surface area contributed by atoms with Crippen LogP contribution in [0.15, 0.2) is 12.1 Å². The molecule has 5 heteroatoms. The number of rotatable bonds is 3. The number of anilines is 1. The largest absolute Gasteiger partial charge is 0.308 e. The number of hydrogen-bond donors (Lipinski definition) is 2. The van der Waals surface area contributed by atoms with Gasteiger partial charge in [-0.2, -0.15) is 0 Å². The summed E-state index contributed by atoms with van der Waals surface area (Å²) < 4.78 is 0. The maximum Gasteiger partial charge on any atom is 0.140 e. The number of pyridine rings is 1. The molecule has 1 aliphatic heterocycles. The van der Waals surface area contributed by atoms with Crippen molar-refractivity contribution in [1.29, 1.82) is 0 Å². The van der Waals surface area contributed by atoms with Crippen LogP contribution >= 0.6 is 11.6 Å². The predicted molar refractivity (Wildman–Crippen MR) is 84.5 cm³/mol. The molecule has 4 nitrogen and oxygen atoms in total. The van der Waals surface area contributed by atoms with E-state index in [-0.39, 0.29) is 0 Å². The third kappa shape index (κ3) is 3.84. The molecular formula is C15H25ClN4. The van der Waals surface area contributed by atoms with Crippen LogP contribution in [0.1, 0.15) is 39.3 Å². The molecule has 0 bridgehead atoms. The average molecular weight is 297 g/mol. The van der Waals surface area contributed by atoms with Gasteiger partial charge in [0.1, 0.15) is 5.82 Å². The van der Waals surface area contributed by atoms with E-state index in [1.807, 2.05) is 6.07 Å². The lowest BCUT2D eigenvalue weighted by Crippen LogP contribution is -2.37. The summed E-state index contributed by atoms with van der Waals surface area (Å²) in [7, 11) is 0. The van der Waals surface area contributed by atoms with Crippen molar-refractivity contribution in [1.82, 2.24) is 9.88 Å². The third-order valence-electron chi connectivity index (χ3n) is 4.25. The maximum absolute atomic E-state index is 6.22. The molecule has 1 aromatic rings. The van der Waals surface area contributed by atoms with Gasteiger partial charge in [-0.3, -0.25) is 4.90 Å². The van der Waals surface area contributed by atoms with Crippen LogP contribution in [0.4, 0.5) is 5.82 Å². The first-order valence-corrected chi connectivity index (χ1v) is 7.62. The van der Waals surface area contributed by atoms with E-state index in [9.17, 15) is 0 Å². The molecular weight excluding hydrogens is 272 g/mol. The van der Waals surface area contributed by atoms with Gasteiger partial charge in [0.05, 0.1) is 10.7 Å². The highest BCUT2D eigenvalue weighted by Crippen LogP contribution is 2.34. The Kier molecular flexibility index (Phi) is 4.89. The van der Waals surface area contributed by atoms with Gasteiger partial charge in [-0.25, -0.2) is 10.8 Å². The third-order valence-corrected chi connectivity index (χ3v) is 4.60. The molecule has 1 aromatic heterocycles. The van der Waals surface area contributed by atoms with Crippen molar-refractivity contribution in [3.8, 4) is 0 Å². The molecule has 0 aromatic carbocycles. The Bertz CT molecular complexity index is 448. The molecule has 1 saturated heterocycles. The Balaban J connectivity index is 1.96.